The molecule has 0 amide bonds. The molecule has 1 N–H and O–H groups in total. The molecule has 2 rings (SSSR count). The first-order valence-electron chi connectivity index (χ1n) is 4.49. The van der Waals surface area contributed by atoms with Crippen LogP contribution in [0.2, 0.25) is 5.02 Å². The summed E-state index contributed by atoms with van der Waals surface area (Å²) in [5.41, 5.74) is 0.0369. The number of pyridine rings is 1. The standard InChI is InChI=1S/C11H7ClF2N2/c12-7-4-5-10(15-6-7)16-9-3-1-2-8(13)11(9)14/h1-6H,(H,15,16). The van der Waals surface area contributed by atoms with Crippen LogP contribution in [0.15, 0.2) is 36.5 Å². The molecule has 1 aromatic heterocycles. The highest BCUT2D eigenvalue weighted by molar-refractivity contribution is 6.30. The van der Waals surface area contributed by atoms with Gasteiger partial charge in [-0.3, -0.25) is 0 Å². The summed E-state index contributed by atoms with van der Waals surface area (Å²) in [4.78, 5) is 3.91. The van der Waals surface area contributed by atoms with Crippen LogP contribution < -0.4 is 5.32 Å². The zero-order valence-electron chi connectivity index (χ0n) is 8.05. The molecule has 0 bridgehead atoms. The van der Waals surface area contributed by atoms with E-state index in [9.17, 15) is 8.78 Å². The maximum atomic E-state index is 13.3. The van der Waals surface area contributed by atoms with Crippen molar-refractivity contribution in [1.82, 2.24) is 4.98 Å². The lowest BCUT2D eigenvalue weighted by Crippen LogP contribution is -1.97. The van der Waals surface area contributed by atoms with Gasteiger partial charge in [-0.15, -0.1) is 0 Å². The lowest BCUT2D eigenvalue weighted by molar-refractivity contribution is 0.511. The summed E-state index contributed by atoms with van der Waals surface area (Å²) < 4.78 is 26.2. The van der Waals surface area contributed by atoms with Crippen LogP contribution in [0.4, 0.5) is 20.3 Å². The lowest BCUT2D eigenvalue weighted by Gasteiger charge is -2.06. The van der Waals surface area contributed by atoms with E-state index >= 15 is 0 Å². The fourth-order valence-electron chi connectivity index (χ4n) is 1.19. The van der Waals surface area contributed by atoms with Gasteiger partial charge >= 0.3 is 0 Å². The Kier molecular flexibility index (Phi) is 3.01. The third kappa shape index (κ3) is 2.28. The molecule has 2 aromatic rings. The lowest BCUT2D eigenvalue weighted by atomic mass is 10.3. The van der Waals surface area contributed by atoms with Gasteiger partial charge in [-0.25, -0.2) is 13.8 Å². The summed E-state index contributed by atoms with van der Waals surface area (Å²) in [5.74, 6) is -1.44. The molecule has 0 aliphatic rings. The average Bonchev–Trinajstić information content (AvgIpc) is 2.28. The second kappa shape index (κ2) is 4.45. The number of benzene rings is 1. The molecule has 0 spiro atoms. The zero-order chi connectivity index (χ0) is 11.5. The predicted molar refractivity (Wildman–Crippen MR) is 58.9 cm³/mol. The first-order chi connectivity index (χ1) is 7.66. The molecular weight excluding hydrogens is 234 g/mol. The topological polar surface area (TPSA) is 24.9 Å². The van der Waals surface area contributed by atoms with Crippen LogP contribution in [0, 0.1) is 11.6 Å². The first-order valence-corrected chi connectivity index (χ1v) is 4.87. The average molecular weight is 241 g/mol. The van der Waals surface area contributed by atoms with Crippen molar-refractivity contribution < 1.29 is 8.78 Å². The van der Waals surface area contributed by atoms with Crippen molar-refractivity contribution in [3.05, 3.63) is 53.2 Å². The van der Waals surface area contributed by atoms with E-state index in [1.165, 1.54) is 18.3 Å². The summed E-state index contributed by atoms with van der Waals surface area (Å²) in [6.07, 6.45) is 1.42. The van der Waals surface area contributed by atoms with E-state index in [-0.39, 0.29) is 5.69 Å². The molecule has 0 aliphatic carbocycles. The van der Waals surface area contributed by atoms with E-state index in [1.54, 1.807) is 12.1 Å². The van der Waals surface area contributed by atoms with Crippen LogP contribution in [0.1, 0.15) is 0 Å². The molecular formula is C11H7ClF2N2. The number of aromatic nitrogens is 1. The molecule has 0 radical (unpaired) electrons. The fourth-order valence-corrected chi connectivity index (χ4v) is 1.30. The number of nitrogens with one attached hydrogen (secondary N) is 1. The molecule has 0 saturated heterocycles. The van der Waals surface area contributed by atoms with Gasteiger partial charge in [0.15, 0.2) is 11.6 Å². The maximum absolute atomic E-state index is 13.3. The molecule has 1 heterocycles. The van der Waals surface area contributed by atoms with Gasteiger partial charge < -0.3 is 5.32 Å². The molecule has 0 aliphatic heterocycles. The minimum Gasteiger partial charge on any atom is -0.338 e. The highest BCUT2D eigenvalue weighted by atomic mass is 35.5. The van der Waals surface area contributed by atoms with E-state index in [0.717, 1.165) is 6.07 Å². The number of halogens is 3. The third-order valence-corrected chi connectivity index (χ3v) is 2.17. The molecule has 0 unspecified atom stereocenters. The van der Waals surface area contributed by atoms with Gasteiger partial charge in [0.05, 0.1) is 10.7 Å². The van der Waals surface area contributed by atoms with E-state index in [1.807, 2.05) is 0 Å². The van der Waals surface area contributed by atoms with Crippen LogP contribution in [0.5, 0.6) is 0 Å². The van der Waals surface area contributed by atoms with Crippen molar-refractivity contribution in [2.75, 3.05) is 5.32 Å². The Morgan fingerprint density at radius 2 is 1.94 bits per heavy atom. The first kappa shape index (κ1) is 10.8. The maximum Gasteiger partial charge on any atom is 0.182 e. The minimum atomic E-state index is -0.931. The zero-order valence-corrected chi connectivity index (χ0v) is 8.80. The second-order valence-corrected chi connectivity index (χ2v) is 3.52. The number of nitrogens with zero attached hydrogens (tertiary/aromatic N) is 1. The van der Waals surface area contributed by atoms with Crippen molar-refractivity contribution in [2.24, 2.45) is 0 Å². The van der Waals surface area contributed by atoms with E-state index in [4.69, 9.17) is 11.6 Å². The van der Waals surface area contributed by atoms with Crippen LogP contribution >= 0.6 is 11.6 Å². The molecule has 0 atom stereocenters. The van der Waals surface area contributed by atoms with E-state index in [0.29, 0.717) is 10.8 Å². The summed E-state index contributed by atoms with van der Waals surface area (Å²) in [5, 5.41) is 3.13. The summed E-state index contributed by atoms with van der Waals surface area (Å²) in [6.45, 7) is 0. The van der Waals surface area contributed by atoms with Gasteiger partial charge in [-0.05, 0) is 24.3 Å². The summed E-state index contributed by atoms with van der Waals surface area (Å²) >= 11 is 5.65. The monoisotopic (exact) mass is 240 g/mol. The molecule has 16 heavy (non-hydrogen) atoms. The van der Waals surface area contributed by atoms with Gasteiger partial charge in [0.25, 0.3) is 0 Å². The number of hydrogen-bond acceptors (Lipinski definition) is 2. The SMILES string of the molecule is Fc1cccc(Nc2ccc(Cl)cn2)c1F. The van der Waals surface area contributed by atoms with Gasteiger partial charge in [0, 0.05) is 6.20 Å². The highest BCUT2D eigenvalue weighted by Crippen LogP contribution is 2.20. The molecule has 82 valence electrons. The Morgan fingerprint density at radius 3 is 2.62 bits per heavy atom. The summed E-state index contributed by atoms with van der Waals surface area (Å²) in [7, 11) is 0. The minimum absolute atomic E-state index is 0.0369. The van der Waals surface area contributed by atoms with Crippen LogP contribution in [-0.4, -0.2) is 4.98 Å². The second-order valence-electron chi connectivity index (χ2n) is 3.09. The fraction of sp³-hybridized carbons (Fsp3) is 0. The normalized spacial score (nSPS) is 10.2. The third-order valence-electron chi connectivity index (χ3n) is 1.94. The Labute approximate surface area is 95.9 Å². The van der Waals surface area contributed by atoms with Crippen molar-refractivity contribution in [3.63, 3.8) is 0 Å². The largest absolute Gasteiger partial charge is 0.338 e. The Hall–Kier alpha value is -1.68. The Bertz CT molecular complexity index is 500. The van der Waals surface area contributed by atoms with E-state index in [2.05, 4.69) is 10.3 Å². The number of hydrogen-bond donors (Lipinski definition) is 1. The van der Waals surface area contributed by atoms with Crippen LogP contribution in [0.25, 0.3) is 0 Å². The van der Waals surface area contributed by atoms with Crippen molar-refractivity contribution >= 4 is 23.1 Å². The van der Waals surface area contributed by atoms with E-state index < -0.39 is 11.6 Å². The van der Waals surface area contributed by atoms with Crippen LogP contribution in [-0.2, 0) is 0 Å². The molecule has 1 aromatic carbocycles. The summed E-state index contributed by atoms with van der Waals surface area (Å²) in [6, 6.07) is 7.07. The predicted octanol–water partition coefficient (Wildman–Crippen LogP) is 3.76. The van der Waals surface area contributed by atoms with Gasteiger partial charge in [-0.1, -0.05) is 17.7 Å². The van der Waals surface area contributed by atoms with Gasteiger partial charge in [0.2, 0.25) is 0 Å². The van der Waals surface area contributed by atoms with Crippen LogP contribution in [0.3, 0.4) is 0 Å². The molecule has 0 saturated carbocycles. The molecule has 5 heteroatoms. The number of anilines is 2. The smallest absolute Gasteiger partial charge is 0.182 e. The van der Waals surface area contributed by atoms with Crippen molar-refractivity contribution in [3.8, 4) is 0 Å². The Balaban J connectivity index is 2.27. The van der Waals surface area contributed by atoms with Crippen molar-refractivity contribution in [2.45, 2.75) is 0 Å². The molecule has 0 fully saturated rings. The van der Waals surface area contributed by atoms with Crippen molar-refractivity contribution in [1.29, 1.82) is 0 Å². The number of rotatable bonds is 2. The quantitative estimate of drug-likeness (QED) is 0.865. The Morgan fingerprint density at radius 1 is 1.12 bits per heavy atom. The van der Waals surface area contributed by atoms with Gasteiger partial charge in [0.1, 0.15) is 5.82 Å². The highest BCUT2D eigenvalue weighted by Gasteiger charge is 2.07. The molecule has 2 nitrogen and oxygen atoms in total. The van der Waals surface area contributed by atoms with Gasteiger partial charge in [-0.2, -0.15) is 0 Å².